The Balaban J connectivity index is 1.55. The van der Waals surface area contributed by atoms with Crippen LogP contribution in [-0.2, 0) is 0 Å². The fourth-order valence-corrected chi connectivity index (χ4v) is 2.45. The minimum Gasteiger partial charge on any atom is -0.460 e. The Bertz CT molecular complexity index is 626. The van der Waals surface area contributed by atoms with E-state index in [0.717, 1.165) is 12.8 Å². The number of nitrogens with zero attached hydrogens (tertiary/aromatic N) is 3. The van der Waals surface area contributed by atoms with Crippen molar-refractivity contribution in [1.29, 1.82) is 0 Å². The van der Waals surface area contributed by atoms with Gasteiger partial charge in [-0.1, -0.05) is 0 Å². The van der Waals surface area contributed by atoms with Crippen molar-refractivity contribution in [3.8, 4) is 6.01 Å². The molecule has 0 N–H and O–H groups in total. The van der Waals surface area contributed by atoms with Gasteiger partial charge in [0, 0.05) is 43.9 Å². The number of ether oxygens (including phenoxy) is 1. The molecule has 1 aromatic heterocycles. The Morgan fingerprint density at radius 3 is 2.41 bits per heavy atom. The van der Waals surface area contributed by atoms with E-state index in [2.05, 4.69) is 9.97 Å². The first-order valence-electron chi connectivity index (χ1n) is 7.21. The molecule has 5 nitrogen and oxygen atoms in total. The molecule has 1 aliphatic rings. The van der Waals surface area contributed by atoms with E-state index in [1.807, 2.05) is 0 Å². The van der Waals surface area contributed by atoms with E-state index < -0.39 is 0 Å². The fraction of sp³-hybridized carbons (Fsp3) is 0.312. The minimum atomic E-state index is -0.341. The number of rotatable bonds is 3. The summed E-state index contributed by atoms with van der Waals surface area (Å²) in [6, 6.07) is 7.73. The summed E-state index contributed by atoms with van der Waals surface area (Å²) < 4.78 is 18.6. The van der Waals surface area contributed by atoms with E-state index in [-0.39, 0.29) is 17.8 Å². The van der Waals surface area contributed by atoms with Crippen molar-refractivity contribution in [2.24, 2.45) is 0 Å². The van der Waals surface area contributed by atoms with Gasteiger partial charge < -0.3 is 9.64 Å². The number of carbonyl (C=O) groups excluding carboxylic acids is 1. The maximum atomic E-state index is 12.9. The molecule has 3 rings (SSSR count). The van der Waals surface area contributed by atoms with Gasteiger partial charge in [0.2, 0.25) is 0 Å². The summed E-state index contributed by atoms with van der Waals surface area (Å²) in [5, 5.41) is 0. The summed E-state index contributed by atoms with van der Waals surface area (Å²) in [6.07, 6.45) is 4.74. The Kier molecular flexibility index (Phi) is 4.27. The number of amides is 1. The van der Waals surface area contributed by atoms with Gasteiger partial charge in [-0.2, -0.15) is 0 Å². The number of benzene rings is 1. The molecular weight excluding hydrogens is 285 g/mol. The topological polar surface area (TPSA) is 55.3 Å². The van der Waals surface area contributed by atoms with Crippen LogP contribution in [0.3, 0.4) is 0 Å². The van der Waals surface area contributed by atoms with Gasteiger partial charge in [0.15, 0.2) is 0 Å². The average molecular weight is 301 g/mol. The summed E-state index contributed by atoms with van der Waals surface area (Å²) in [5.41, 5.74) is 0.507. The number of likely N-dealkylation sites (tertiary alicyclic amines) is 1. The van der Waals surface area contributed by atoms with Gasteiger partial charge >= 0.3 is 6.01 Å². The van der Waals surface area contributed by atoms with Gasteiger partial charge in [0.25, 0.3) is 5.91 Å². The van der Waals surface area contributed by atoms with Crippen LogP contribution in [0.5, 0.6) is 6.01 Å². The molecule has 0 spiro atoms. The maximum absolute atomic E-state index is 12.9. The number of hydrogen-bond donors (Lipinski definition) is 0. The average Bonchev–Trinajstić information content (AvgIpc) is 2.57. The van der Waals surface area contributed by atoms with Crippen LogP contribution in [0, 0.1) is 5.82 Å². The molecule has 1 aromatic carbocycles. The molecular formula is C16H16FN3O2. The SMILES string of the molecule is O=C(c1ccc(F)cc1)N1CCC(Oc2ncccn2)CC1. The Labute approximate surface area is 127 Å². The lowest BCUT2D eigenvalue weighted by Gasteiger charge is -2.31. The summed E-state index contributed by atoms with van der Waals surface area (Å²) in [6.45, 7) is 1.21. The smallest absolute Gasteiger partial charge is 0.316 e. The predicted octanol–water partition coefficient (Wildman–Crippen LogP) is 2.30. The molecule has 114 valence electrons. The number of carbonyl (C=O) groups is 1. The molecule has 1 fully saturated rings. The number of halogens is 1. The summed E-state index contributed by atoms with van der Waals surface area (Å²) in [5.74, 6) is -0.416. The molecule has 2 heterocycles. The van der Waals surface area contributed by atoms with Crippen LogP contribution >= 0.6 is 0 Å². The lowest BCUT2D eigenvalue weighted by molar-refractivity contribution is 0.0578. The first-order valence-corrected chi connectivity index (χ1v) is 7.21. The predicted molar refractivity (Wildman–Crippen MR) is 78.0 cm³/mol. The van der Waals surface area contributed by atoms with Gasteiger partial charge in [0.05, 0.1) is 0 Å². The van der Waals surface area contributed by atoms with E-state index in [0.29, 0.717) is 24.7 Å². The fourth-order valence-electron chi connectivity index (χ4n) is 2.45. The van der Waals surface area contributed by atoms with Crippen LogP contribution in [0.4, 0.5) is 4.39 Å². The lowest BCUT2D eigenvalue weighted by Crippen LogP contribution is -2.41. The van der Waals surface area contributed by atoms with Gasteiger partial charge in [0.1, 0.15) is 11.9 Å². The van der Waals surface area contributed by atoms with E-state index in [4.69, 9.17) is 4.74 Å². The lowest BCUT2D eigenvalue weighted by atomic mass is 10.1. The van der Waals surface area contributed by atoms with Crippen molar-refractivity contribution in [3.63, 3.8) is 0 Å². The number of aromatic nitrogens is 2. The molecule has 0 bridgehead atoms. The summed E-state index contributed by atoms with van der Waals surface area (Å²) in [4.78, 5) is 22.1. The van der Waals surface area contributed by atoms with Crippen LogP contribution in [0.25, 0.3) is 0 Å². The third kappa shape index (κ3) is 3.39. The molecule has 2 aromatic rings. The normalized spacial score (nSPS) is 15.6. The summed E-state index contributed by atoms with van der Waals surface area (Å²) >= 11 is 0. The summed E-state index contributed by atoms with van der Waals surface area (Å²) in [7, 11) is 0. The highest BCUT2D eigenvalue weighted by Gasteiger charge is 2.25. The van der Waals surface area contributed by atoms with Crippen molar-refractivity contribution in [3.05, 3.63) is 54.1 Å². The Hall–Kier alpha value is -2.50. The third-order valence-corrected chi connectivity index (χ3v) is 3.63. The zero-order valence-corrected chi connectivity index (χ0v) is 12.0. The standard InChI is InChI=1S/C16H16FN3O2/c17-13-4-2-12(3-5-13)15(21)20-10-6-14(7-11-20)22-16-18-8-1-9-19-16/h1-5,8-9,14H,6-7,10-11H2. The monoisotopic (exact) mass is 301 g/mol. The van der Waals surface area contributed by atoms with Crippen molar-refractivity contribution in [2.75, 3.05) is 13.1 Å². The molecule has 1 amide bonds. The zero-order chi connectivity index (χ0) is 15.4. The molecule has 1 saturated heterocycles. The largest absolute Gasteiger partial charge is 0.460 e. The van der Waals surface area contributed by atoms with Crippen molar-refractivity contribution < 1.29 is 13.9 Å². The molecule has 0 radical (unpaired) electrons. The quantitative estimate of drug-likeness (QED) is 0.873. The molecule has 1 aliphatic heterocycles. The van der Waals surface area contributed by atoms with Gasteiger partial charge in [-0.15, -0.1) is 0 Å². The second-order valence-electron chi connectivity index (χ2n) is 5.15. The van der Waals surface area contributed by atoms with Gasteiger partial charge in [-0.3, -0.25) is 4.79 Å². The molecule has 6 heteroatoms. The highest BCUT2D eigenvalue weighted by Crippen LogP contribution is 2.17. The van der Waals surface area contributed by atoms with Crippen LogP contribution < -0.4 is 4.74 Å². The molecule has 0 aliphatic carbocycles. The van der Waals surface area contributed by atoms with Crippen LogP contribution in [-0.4, -0.2) is 40.0 Å². The third-order valence-electron chi connectivity index (χ3n) is 3.63. The Morgan fingerprint density at radius 2 is 1.77 bits per heavy atom. The second kappa shape index (κ2) is 6.51. The first-order chi connectivity index (χ1) is 10.7. The van der Waals surface area contributed by atoms with E-state index >= 15 is 0 Å². The number of hydrogen-bond acceptors (Lipinski definition) is 4. The maximum Gasteiger partial charge on any atom is 0.316 e. The van der Waals surface area contributed by atoms with E-state index in [1.165, 1.54) is 24.3 Å². The molecule has 22 heavy (non-hydrogen) atoms. The first kappa shape index (κ1) is 14.4. The molecule has 0 atom stereocenters. The van der Waals surface area contributed by atoms with E-state index in [9.17, 15) is 9.18 Å². The highest BCUT2D eigenvalue weighted by molar-refractivity contribution is 5.94. The van der Waals surface area contributed by atoms with Crippen molar-refractivity contribution in [1.82, 2.24) is 14.9 Å². The van der Waals surface area contributed by atoms with Crippen LogP contribution in [0.15, 0.2) is 42.7 Å². The Morgan fingerprint density at radius 1 is 1.14 bits per heavy atom. The van der Waals surface area contributed by atoms with Crippen LogP contribution in [0.2, 0.25) is 0 Å². The van der Waals surface area contributed by atoms with Crippen molar-refractivity contribution >= 4 is 5.91 Å². The molecule has 0 unspecified atom stereocenters. The highest BCUT2D eigenvalue weighted by atomic mass is 19.1. The van der Waals surface area contributed by atoms with E-state index in [1.54, 1.807) is 23.4 Å². The van der Waals surface area contributed by atoms with Gasteiger partial charge in [-0.25, -0.2) is 14.4 Å². The number of piperidine rings is 1. The zero-order valence-electron chi connectivity index (χ0n) is 12.0. The second-order valence-corrected chi connectivity index (χ2v) is 5.15. The molecule has 0 saturated carbocycles. The van der Waals surface area contributed by atoms with Crippen molar-refractivity contribution in [2.45, 2.75) is 18.9 Å². The van der Waals surface area contributed by atoms with Crippen LogP contribution in [0.1, 0.15) is 23.2 Å². The minimum absolute atomic E-state index is 0.0136. The van der Waals surface area contributed by atoms with Gasteiger partial charge in [-0.05, 0) is 30.3 Å².